The van der Waals surface area contributed by atoms with Gasteiger partial charge in [0.15, 0.2) is 6.61 Å². The molecule has 0 radical (unpaired) electrons. The van der Waals surface area contributed by atoms with Gasteiger partial charge in [0.25, 0.3) is 5.91 Å². The summed E-state index contributed by atoms with van der Waals surface area (Å²) in [5.74, 6) is 0.762. The summed E-state index contributed by atoms with van der Waals surface area (Å²) in [4.78, 5) is 12.7. The van der Waals surface area contributed by atoms with Crippen LogP contribution in [0, 0.1) is 13.8 Å². The average Bonchev–Trinajstić information content (AvgIpc) is 3.02. The molecule has 1 fully saturated rings. The highest BCUT2D eigenvalue weighted by atomic mass is 32.2. The molecule has 8 nitrogen and oxygen atoms in total. The first-order valence-corrected chi connectivity index (χ1v) is 10.6. The van der Waals surface area contributed by atoms with Gasteiger partial charge in [0.1, 0.15) is 16.4 Å². The van der Waals surface area contributed by atoms with Gasteiger partial charge in [-0.25, -0.2) is 13.1 Å². The van der Waals surface area contributed by atoms with Crippen LogP contribution in [0.1, 0.15) is 35.4 Å². The summed E-state index contributed by atoms with van der Waals surface area (Å²) >= 11 is 0. The van der Waals surface area contributed by atoms with Gasteiger partial charge in [0.05, 0.1) is 18.5 Å². The standard InChI is InChI=1S/C19H25N3O5S/c1-14-19(28(24,25)21-11-5-4-6-12-21)15(2)22(20-14)18(23)13-27-17-9-7-16(26-3)8-10-17/h7-10H,4-6,11-13H2,1-3H3. The van der Waals surface area contributed by atoms with Crippen molar-refractivity contribution in [3.05, 3.63) is 35.7 Å². The van der Waals surface area contributed by atoms with E-state index < -0.39 is 15.9 Å². The van der Waals surface area contributed by atoms with Crippen LogP contribution in [-0.4, -0.2) is 55.2 Å². The Hall–Kier alpha value is -2.39. The number of carbonyl (C=O) groups is 1. The van der Waals surface area contributed by atoms with Crippen LogP contribution in [0.15, 0.2) is 29.2 Å². The molecule has 28 heavy (non-hydrogen) atoms. The second-order valence-corrected chi connectivity index (χ2v) is 8.61. The Kier molecular flexibility index (Phi) is 6.04. The zero-order valence-electron chi connectivity index (χ0n) is 16.3. The fourth-order valence-electron chi connectivity index (χ4n) is 3.36. The van der Waals surface area contributed by atoms with E-state index in [9.17, 15) is 13.2 Å². The fraction of sp³-hybridized carbons (Fsp3) is 0.474. The van der Waals surface area contributed by atoms with E-state index in [2.05, 4.69) is 5.10 Å². The van der Waals surface area contributed by atoms with Crippen molar-refractivity contribution in [2.75, 3.05) is 26.8 Å². The van der Waals surface area contributed by atoms with Crippen LogP contribution in [0.25, 0.3) is 0 Å². The van der Waals surface area contributed by atoms with Crippen LogP contribution in [0.4, 0.5) is 0 Å². The van der Waals surface area contributed by atoms with E-state index in [0.29, 0.717) is 36.0 Å². The van der Waals surface area contributed by atoms with E-state index in [-0.39, 0.29) is 11.5 Å². The van der Waals surface area contributed by atoms with Gasteiger partial charge in [0, 0.05) is 13.1 Å². The van der Waals surface area contributed by atoms with Gasteiger partial charge in [0.2, 0.25) is 10.0 Å². The van der Waals surface area contributed by atoms with E-state index in [1.807, 2.05) is 0 Å². The van der Waals surface area contributed by atoms with Gasteiger partial charge >= 0.3 is 0 Å². The molecule has 1 aromatic heterocycles. The molecule has 0 bridgehead atoms. The Morgan fingerprint density at radius 3 is 2.29 bits per heavy atom. The molecule has 0 unspecified atom stereocenters. The smallest absolute Gasteiger partial charge is 0.285 e. The summed E-state index contributed by atoms with van der Waals surface area (Å²) < 4.78 is 39.2. The van der Waals surface area contributed by atoms with E-state index >= 15 is 0 Å². The van der Waals surface area contributed by atoms with E-state index in [4.69, 9.17) is 9.47 Å². The molecule has 0 atom stereocenters. The van der Waals surface area contributed by atoms with Gasteiger partial charge in [-0.15, -0.1) is 0 Å². The number of aryl methyl sites for hydroxylation is 1. The average molecular weight is 407 g/mol. The van der Waals surface area contributed by atoms with Gasteiger partial charge in [-0.05, 0) is 51.0 Å². The molecule has 0 aliphatic carbocycles. The minimum Gasteiger partial charge on any atom is -0.497 e. The number of hydrogen-bond donors (Lipinski definition) is 0. The molecule has 3 rings (SSSR count). The van der Waals surface area contributed by atoms with Gasteiger partial charge < -0.3 is 9.47 Å². The quantitative estimate of drug-likeness (QED) is 0.730. The van der Waals surface area contributed by atoms with Crippen LogP contribution in [-0.2, 0) is 10.0 Å². The monoisotopic (exact) mass is 407 g/mol. The van der Waals surface area contributed by atoms with Crippen LogP contribution in [0.3, 0.4) is 0 Å². The molecule has 2 heterocycles. The first-order valence-electron chi connectivity index (χ1n) is 9.21. The molecule has 2 aromatic rings. The molecule has 1 aliphatic rings. The molecule has 1 aromatic carbocycles. The highest BCUT2D eigenvalue weighted by molar-refractivity contribution is 7.89. The van der Waals surface area contributed by atoms with E-state index in [0.717, 1.165) is 23.9 Å². The number of ether oxygens (including phenoxy) is 2. The van der Waals surface area contributed by atoms with Crippen molar-refractivity contribution < 1.29 is 22.7 Å². The maximum Gasteiger partial charge on any atom is 0.285 e. The number of hydrogen-bond acceptors (Lipinski definition) is 6. The lowest BCUT2D eigenvalue weighted by Crippen LogP contribution is -2.36. The Labute approximate surface area is 165 Å². The third-order valence-electron chi connectivity index (χ3n) is 4.80. The summed E-state index contributed by atoms with van der Waals surface area (Å²) in [6, 6.07) is 6.85. The molecule has 1 aliphatic heterocycles. The minimum absolute atomic E-state index is 0.118. The molecular weight excluding hydrogens is 382 g/mol. The molecule has 0 spiro atoms. The summed E-state index contributed by atoms with van der Waals surface area (Å²) in [7, 11) is -2.10. The molecule has 0 N–H and O–H groups in total. The summed E-state index contributed by atoms with van der Waals surface area (Å²) in [6.45, 7) is 3.96. The zero-order chi connectivity index (χ0) is 20.3. The number of rotatable bonds is 6. The third kappa shape index (κ3) is 4.05. The fourth-order valence-corrected chi connectivity index (χ4v) is 5.23. The second kappa shape index (κ2) is 8.32. The van der Waals surface area contributed by atoms with Crippen molar-refractivity contribution >= 4 is 15.9 Å². The molecule has 0 amide bonds. The lowest BCUT2D eigenvalue weighted by atomic mass is 10.2. The Morgan fingerprint density at radius 1 is 1.07 bits per heavy atom. The number of nitrogens with zero attached hydrogens (tertiary/aromatic N) is 3. The number of aromatic nitrogens is 2. The van der Waals surface area contributed by atoms with E-state index in [1.165, 1.54) is 4.31 Å². The van der Waals surface area contributed by atoms with E-state index in [1.54, 1.807) is 45.2 Å². The van der Waals surface area contributed by atoms with Crippen molar-refractivity contribution in [1.29, 1.82) is 0 Å². The molecule has 9 heteroatoms. The second-order valence-electron chi connectivity index (χ2n) is 6.73. The predicted octanol–water partition coefficient (Wildman–Crippen LogP) is 2.40. The highest BCUT2D eigenvalue weighted by Crippen LogP contribution is 2.26. The predicted molar refractivity (Wildman–Crippen MR) is 103 cm³/mol. The van der Waals surface area contributed by atoms with Gasteiger partial charge in [-0.3, -0.25) is 4.79 Å². The molecular formula is C19H25N3O5S. The third-order valence-corrected chi connectivity index (χ3v) is 6.95. The Morgan fingerprint density at radius 2 is 1.68 bits per heavy atom. The molecule has 1 saturated heterocycles. The van der Waals surface area contributed by atoms with Crippen molar-refractivity contribution in [2.24, 2.45) is 0 Å². The molecule has 152 valence electrons. The number of sulfonamides is 1. The molecule has 0 saturated carbocycles. The zero-order valence-corrected chi connectivity index (χ0v) is 17.2. The SMILES string of the molecule is COc1ccc(OCC(=O)n2nc(C)c(S(=O)(=O)N3CCCCC3)c2C)cc1. The van der Waals surface area contributed by atoms with Crippen molar-refractivity contribution in [2.45, 2.75) is 38.0 Å². The van der Waals surface area contributed by atoms with Crippen LogP contribution < -0.4 is 9.47 Å². The number of benzene rings is 1. The van der Waals surface area contributed by atoms with Crippen LogP contribution in [0.5, 0.6) is 11.5 Å². The number of piperidine rings is 1. The first-order chi connectivity index (χ1) is 13.3. The Bertz CT molecular complexity index is 945. The van der Waals surface area contributed by atoms with Crippen molar-refractivity contribution in [3.63, 3.8) is 0 Å². The van der Waals surface area contributed by atoms with Crippen molar-refractivity contribution in [3.8, 4) is 11.5 Å². The van der Waals surface area contributed by atoms with Gasteiger partial charge in [-0.1, -0.05) is 6.42 Å². The first kappa shape index (κ1) is 20.3. The largest absolute Gasteiger partial charge is 0.497 e. The lowest BCUT2D eigenvalue weighted by molar-refractivity contribution is 0.0818. The normalized spacial score (nSPS) is 15.4. The van der Waals surface area contributed by atoms with Crippen LogP contribution >= 0.6 is 0 Å². The summed E-state index contributed by atoms with van der Waals surface area (Å²) in [6.07, 6.45) is 2.73. The summed E-state index contributed by atoms with van der Waals surface area (Å²) in [5, 5.41) is 4.17. The Balaban J connectivity index is 1.77. The summed E-state index contributed by atoms with van der Waals surface area (Å²) in [5.41, 5.74) is 0.632. The maximum atomic E-state index is 13.0. The van der Waals surface area contributed by atoms with Crippen LogP contribution in [0.2, 0.25) is 0 Å². The lowest BCUT2D eigenvalue weighted by Gasteiger charge is -2.25. The minimum atomic E-state index is -3.67. The highest BCUT2D eigenvalue weighted by Gasteiger charge is 2.32. The number of carbonyl (C=O) groups excluding carboxylic acids is 1. The number of methoxy groups -OCH3 is 1. The maximum absolute atomic E-state index is 13.0. The topological polar surface area (TPSA) is 90.7 Å². The van der Waals surface area contributed by atoms with Gasteiger partial charge in [-0.2, -0.15) is 9.40 Å². The van der Waals surface area contributed by atoms with Crippen molar-refractivity contribution in [1.82, 2.24) is 14.1 Å².